The second-order valence-electron chi connectivity index (χ2n) is 5.92. The number of hydrogen-bond donors (Lipinski definition) is 2. The predicted molar refractivity (Wildman–Crippen MR) is 87.4 cm³/mol. The summed E-state index contributed by atoms with van der Waals surface area (Å²) in [6.07, 6.45) is 1.57. The number of nitrogens with two attached hydrogens (primary N) is 1. The summed E-state index contributed by atoms with van der Waals surface area (Å²) in [7, 11) is 1.34. The van der Waals surface area contributed by atoms with Crippen LogP contribution in [0.25, 0.3) is 0 Å². The van der Waals surface area contributed by atoms with Crippen molar-refractivity contribution < 1.29 is 19.1 Å². The number of nitrogens with one attached hydrogen (secondary N) is 1. The molecule has 6 heteroatoms. The average Bonchev–Trinajstić information content (AvgIpc) is 2.57. The molecule has 0 bridgehead atoms. The average molecular weight is 320 g/mol. The van der Waals surface area contributed by atoms with Crippen molar-refractivity contribution in [2.24, 2.45) is 11.7 Å². The van der Waals surface area contributed by atoms with Gasteiger partial charge in [0.2, 0.25) is 5.91 Å². The van der Waals surface area contributed by atoms with Crippen LogP contribution in [-0.4, -0.2) is 38.2 Å². The minimum absolute atomic E-state index is 0.121. The first-order chi connectivity index (χ1) is 10.9. The van der Waals surface area contributed by atoms with E-state index in [9.17, 15) is 9.59 Å². The largest absolute Gasteiger partial charge is 0.465 e. The Kier molecular flexibility index (Phi) is 5.74. The molecule has 0 saturated carbocycles. The van der Waals surface area contributed by atoms with Crippen molar-refractivity contribution in [3.63, 3.8) is 0 Å². The normalized spacial score (nSPS) is 16.7. The molecule has 1 atom stereocenters. The summed E-state index contributed by atoms with van der Waals surface area (Å²) in [6, 6.07) is 2.88. The van der Waals surface area contributed by atoms with Gasteiger partial charge in [-0.3, -0.25) is 4.79 Å². The summed E-state index contributed by atoms with van der Waals surface area (Å²) in [4.78, 5) is 24.2. The highest BCUT2D eigenvalue weighted by Gasteiger charge is 2.27. The highest BCUT2D eigenvalue weighted by atomic mass is 16.5. The Morgan fingerprint density at radius 1 is 1.30 bits per heavy atom. The fraction of sp³-hybridized carbons (Fsp3) is 0.529. The maximum Gasteiger partial charge on any atom is 0.338 e. The molecule has 1 amide bonds. The Labute approximate surface area is 136 Å². The number of rotatable bonds is 4. The van der Waals surface area contributed by atoms with E-state index in [2.05, 4.69) is 5.32 Å². The zero-order valence-electron chi connectivity index (χ0n) is 13.8. The van der Waals surface area contributed by atoms with Crippen LogP contribution in [0.5, 0.6) is 0 Å². The maximum atomic E-state index is 12.4. The van der Waals surface area contributed by atoms with E-state index in [0.29, 0.717) is 24.5 Å². The summed E-state index contributed by atoms with van der Waals surface area (Å²) in [5.74, 6) is -0.540. The van der Waals surface area contributed by atoms with Crippen LogP contribution < -0.4 is 11.1 Å². The number of ether oxygens (including phenoxy) is 2. The Morgan fingerprint density at radius 2 is 1.96 bits per heavy atom. The van der Waals surface area contributed by atoms with Crippen LogP contribution in [0.4, 0.5) is 5.69 Å². The van der Waals surface area contributed by atoms with Gasteiger partial charge in [-0.25, -0.2) is 4.79 Å². The molecule has 1 unspecified atom stereocenters. The Morgan fingerprint density at radius 3 is 2.57 bits per heavy atom. The van der Waals surface area contributed by atoms with Gasteiger partial charge in [0.15, 0.2) is 0 Å². The van der Waals surface area contributed by atoms with E-state index < -0.39 is 12.0 Å². The third kappa shape index (κ3) is 4.09. The smallest absolute Gasteiger partial charge is 0.338 e. The van der Waals surface area contributed by atoms with Gasteiger partial charge in [0.25, 0.3) is 0 Å². The van der Waals surface area contributed by atoms with Crippen LogP contribution in [-0.2, 0) is 14.3 Å². The van der Waals surface area contributed by atoms with Crippen molar-refractivity contribution in [1.82, 2.24) is 0 Å². The summed E-state index contributed by atoms with van der Waals surface area (Å²) >= 11 is 0. The lowest BCUT2D eigenvalue weighted by atomic mass is 9.91. The van der Waals surface area contributed by atoms with E-state index in [1.54, 1.807) is 6.07 Å². The molecular weight excluding hydrogens is 296 g/mol. The molecule has 0 aliphatic carbocycles. The lowest BCUT2D eigenvalue weighted by molar-refractivity contribution is -0.119. The third-order valence-electron chi connectivity index (χ3n) is 4.42. The first-order valence-electron chi connectivity index (χ1n) is 7.77. The van der Waals surface area contributed by atoms with Gasteiger partial charge in [-0.1, -0.05) is 0 Å². The zero-order chi connectivity index (χ0) is 17.0. The van der Waals surface area contributed by atoms with Crippen LogP contribution >= 0.6 is 0 Å². The van der Waals surface area contributed by atoms with E-state index in [-0.39, 0.29) is 11.8 Å². The highest BCUT2D eigenvalue weighted by molar-refractivity contribution is 5.98. The van der Waals surface area contributed by atoms with Crippen molar-refractivity contribution in [3.8, 4) is 0 Å². The predicted octanol–water partition coefficient (Wildman–Crippen LogP) is 1.78. The van der Waals surface area contributed by atoms with E-state index in [1.807, 2.05) is 19.9 Å². The van der Waals surface area contributed by atoms with Crippen molar-refractivity contribution in [3.05, 3.63) is 28.8 Å². The van der Waals surface area contributed by atoms with Crippen molar-refractivity contribution in [2.45, 2.75) is 32.7 Å². The van der Waals surface area contributed by atoms with E-state index in [0.717, 1.165) is 24.0 Å². The number of esters is 1. The molecule has 0 radical (unpaired) electrons. The van der Waals surface area contributed by atoms with Crippen molar-refractivity contribution >= 4 is 17.6 Å². The summed E-state index contributed by atoms with van der Waals surface area (Å²) in [5, 5.41) is 2.81. The Balaban J connectivity index is 2.14. The molecule has 1 aromatic carbocycles. The molecular formula is C17H24N2O4. The van der Waals surface area contributed by atoms with Gasteiger partial charge in [0, 0.05) is 18.9 Å². The first-order valence-corrected chi connectivity index (χ1v) is 7.77. The topological polar surface area (TPSA) is 90.7 Å². The molecule has 1 aliphatic heterocycles. The van der Waals surface area contributed by atoms with Crippen molar-refractivity contribution in [1.29, 1.82) is 0 Å². The van der Waals surface area contributed by atoms with Crippen molar-refractivity contribution in [2.75, 3.05) is 25.6 Å². The second-order valence-corrected chi connectivity index (χ2v) is 5.92. The lowest BCUT2D eigenvalue weighted by Crippen LogP contribution is -2.44. The van der Waals surface area contributed by atoms with E-state index in [4.69, 9.17) is 15.2 Å². The van der Waals surface area contributed by atoms with Gasteiger partial charge >= 0.3 is 5.97 Å². The molecule has 23 heavy (non-hydrogen) atoms. The number of methoxy groups -OCH3 is 1. The number of benzene rings is 1. The minimum atomic E-state index is -0.581. The Hall–Kier alpha value is -1.92. The second kappa shape index (κ2) is 7.57. The monoisotopic (exact) mass is 320 g/mol. The van der Waals surface area contributed by atoms with Gasteiger partial charge in [-0.05, 0) is 55.9 Å². The van der Waals surface area contributed by atoms with Crippen LogP contribution in [0.15, 0.2) is 12.1 Å². The van der Waals surface area contributed by atoms with Crippen LogP contribution in [0.1, 0.15) is 34.3 Å². The zero-order valence-corrected chi connectivity index (χ0v) is 13.8. The molecule has 1 aromatic rings. The van der Waals surface area contributed by atoms with E-state index in [1.165, 1.54) is 7.11 Å². The first kappa shape index (κ1) is 17.4. The fourth-order valence-corrected chi connectivity index (χ4v) is 2.77. The Bertz CT molecular complexity index is 595. The molecule has 1 heterocycles. The number of anilines is 1. The van der Waals surface area contributed by atoms with Gasteiger partial charge in [0.05, 0.1) is 18.7 Å². The summed E-state index contributed by atoms with van der Waals surface area (Å²) in [6.45, 7) is 5.01. The molecule has 0 spiro atoms. The SMILES string of the molecule is COC(=O)c1cc(NC(=O)C(N)C2CCOCC2)cc(C)c1C. The van der Waals surface area contributed by atoms with Crippen LogP contribution in [0.3, 0.4) is 0 Å². The number of hydrogen-bond acceptors (Lipinski definition) is 5. The van der Waals surface area contributed by atoms with Gasteiger partial charge in [0.1, 0.15) is 0 Å². The molecule has 2 rings (SSSR count). The fourth-order valence-electron chi connectivity index (χ4n) is 2.77. The molecule has 1 saturated heterocycles. The standard InChI is InChI=1S/C17H24N2O4/c1-10-8-13(9-14(11(10)2)17(21)22-3)19-16(20)15(18)12-4-6-23-7-5-12/h8-9,12,15H,4-7,18H2,1-3H3,(H,19,20). The van der Waals surface area contributed by atoms with E-state index >= 15 is 0 Å². The number of amides is 1. The summed E-state index contributed by atoms with van der Waals surface area (Å²) in [5.41, 5.74) is 8.82. The minimum Gasteiger partial charge on any atom is -0.465 e. The van der Waals surface area contributed by atoms with Gasteiger partial charge < -0.3 is 20.5 Å². The summed E-state index contributed by atoms with van der Waals surface area (Å²) < 4.78 is 10.1. The number of aryl methyl sites for hydroxylation is 1. The van der Waals surface area contributed by atoms with Gasteiger partial charge in [-0.2, -0.15) is 0 Å². The molecule has 1 aliphatic rings. The molecule has 126 valence electrons. The molecule has 6 nitrogen and oxygen atoms in total. The lowest BCUT2D eigenvalue weighted by Gasteiger charge is -2.26. The third-order valence-corrected chi connectivity index (χ3v) is 4.42. The molecule has 0 aromatic heterocycles. The number of carbonyl (C=O) groups excluding carboxylic acids is 2. The molecule has 3 N–H and O–H groups in total. The highest BCUT2D eigenvalue weighted by Crippen LogP contribution is 2.22. The number of carbonyl (C=O) groups is 2. The van der Waals surface area contributed by atoms with Crippen LogP contribution in [0.2, 0.25) is 0 Å². The quantitative estimate of drug-likeness (QED) is 0.825. The van der Waals surface area contributed by atoms with Gasteiger partial charge in [-0.15, -0.1) is 0 Å². The maximum absolute atomic E-state index is 12.4. The van der Waals surface area contributed by atoms with Crippen LogP contribution in [0, 0.1) is 19.8 Å². The molecule has 1 fully saturated rings.